The number of rotatable bonds is 9. The van der Waals surface area contributed by atoms with Gasteiger partial charge in [0.2, 0.25) is 5.91 Å². The van der Waals surface area contributed by atoms with Gasteiger partial charge < -0.3 is 10.3 Å². The fourth-order valence-electron chi connectivity index (χ4n) is 2.73. The van der Waals surface area contributed by atoms with E-state index in [2.05, 4.69) is 20.3 Å². The Morgan fingerprint density at radius 1 is 1.35 bits per heavy atom. The van der Waals surface area contributed by atoms with Gasteiger partial charge in [-0.25, -0.2) is 4.98 Å². The molecule has 3 rings (SSSR count). The molecule has 0 aromatic carbocycles. The van der Waals surface area contributed by atoms with E-state index < -0.39 is 5.91 Å². The number of aryl methyl sites for hydroxylation is 1. The van der Waals surface area contributed by atoms with E-state index in [-0.39, 0.29) is 35.5 Å². The number of aromatic amines is 1. The highest BCUT2D eigenvalue weighted by Crippen LogP contribution is 2.31. The Hall–Kier alpha value is -2.92. The summed E-state index contributed by atoms with van der Waals surface area (Å²) in [5.74, 6) is -0.621. The fraction of sp³-hybridized carbons (Fsp3) is 0.300. The van der Waals surface area contributed by atoms with Crippen molar-refractivity contribution < 1.29 is 14.4 Å². The average molecular weight is 460 g/mol. The summed E-state index contributed by atoms with van der Waals surface area (Å²) in [6.45, 7) is 2.21. The second kappa shape index (κ2) is 10.9. The molecule has 31 heavy (non-hydrogen) atoms. The monoisotopic (exact) mass is 459 g/mol. The van der Waals surface area contributed by atoms with E-state index in [1.165, 1.54) is 6.07 Å². The lowest BCUT2D eigenvalue weighted by Gasteiger charge is -2.12. The number of hydrogen-bond donors (Lipinski definition) is 2. The van der Waals surface area contributed by atoms with Crippen molar-refractivity contribution >= 4 is 46.7 Å². The number of amides is 3. The third kappa shape index (κ3) is 6.53. The third-order valence-electron chi connectivity index (χ3n) is 4.13. The number of imide groups is 1. The molecule has 0 bridgehead atoms. The first kappa shape index (κ1) is 22.8. The lowest BCUT2D eigenvalue weighted by atomic mass is 10.2. The Balaban J connectivity index is 1.47. The fourth-order valence-corrected chi connectivity index (χ4v) is 4.32. The minimum Gasteiger partial charge on any atom is -0.354 e. The highest BCUT2D eigenvalue weighted by molar-refractivity contribution is 8.18. The van der Waals surface area contributed by atoms with Crippen LogP contribution >= 0.6 is 23.5 Å². The molecule has 3 heterocycles. The molecule has 1 saturated heterocycles. The lowest BCUT2D eigenvalue weighted by molar-refractivity contribution is -0.123. The van der Waals surface area contributed by atoms with Crippen LogP contribution in [0.5, 0.6) is 0 Å². The predicted octanol–water partition coefficient (Wildman–Crippen LogP) is 2.06. The van der Waals surface area contributed by atoms with Gasteiger partial charge in [0.05, 0.1) is 10.7 Å². The molecular formula is C20H21N5O4S2. The van der Waals surface area contributed by atoms with E-state index in [9.17, 15) is 19.2 Å². The number of thioether (sulfide) groups is 2. The maximum absolute atomic E-state index is 12.5. The van der Waals surface area contributed by atoms with E-state index in [4.69, 9.17) is 0 Å². The number of carbonyl (C=O) groups is 3. The standard InChI is InChI=1S/C20H21N5O4S2/c1-2-4-14-10-16(26)24-19(23-14)30-12-17(27)22-7-8-25-18(28)15(31-20(25)29)9-13-5-3-6-21-11-13/h3,5-6,9-11H,2,4,7-8,12H2,1H3,(H,22,27)(H,23,24,26)/b15-9-. The van der Waals surface area contributed by atoms with Crippen LogP contribution in [0, 0.1) is 0 Å². The molecule has 162 valence electrons. The summed E-state index contributed by atoms with van der Waals surface area (Å²) < 4.78 is 0. The van der Waals surface area contributed by atoms with Gasteiger partial charge in [0.1, 0.15) is 0 Å². The largest absolute Gasteiger partial charge is 0.354 e. The quantitative estimate of drug-likeness (QED) is 0.332. The minimum absolute atomic E-state index is 0.0569. The molecule has 11 heteroatoms. The lowest BCUT2D eigenvalue weighted by Crippen LogP contribution is -2.37. The van der Waals surface area contributed by atoms with Gasteiger partial charge in [-0.2, -0.15) is 0 Å². The molecular weight excluding hydrogens is 438 g/mol. The average Bonchev–Trinajstić information content (AvgIpc) is 3.00. The van der Waals surface area contributed by atoms with Gasteiger partial charge in [0.15, 0.2) is 5.16 Å². The van der Waals surface area contributed by atoms with Gasteiger partial charge in [-0.1, -0.05) is 31.2 Å². The summed E-state index contributed by atoms with van der Waals surface area (Å²) in [7, 11) is 0. The Morgan fingerprint density at radius 2 is 2.19 bits per heavy atom. The van der Waals surface area contributed by atoms with Crippen molar-refractivity contribution in [3.05, 3.63) is 57.1 Å². The molecule has 1 aliphatic heterocycles. The van der Waals surface area contributed by atoms with Crippen LogP contribution in [-0.2, 0) is 16.0 Å². The number of H-pyrrole nitrogens is 1. The summed E-state index contributed by atoms with van der Waals surface area (Å²) in [4.78, 5) is 60.7. The molecule has 9 nitrogen and oxygen atoms in total. The first-order chi connectivity index (χ1) is 15.0. The van der Waals surface area contributed by atoms with Gasteiger partial charge in [0, 0.05) is 37.2 Å². The zero-order chi connectivity index (χ0) is 22.2. The second-order valence-electron chi connectivity index (χ2n) is 6.55. The molecule has 0 unspecified atom stereocenters. The van der Waals surface area contributed by atoms with Crippen LogP contribution in [0.25, 0.3) is 6.08 Å². The summed E-state index contributed by atoms with van der Waals surface area (Å²) in [5.41, 5.74) is 1.17. The van der Waals surface area contributed by atoms with E-state index in [0.29, 0.717) is 22.2 Å². The Morgan fingerprint density at radius 3 is 2.94 bits per heavy atom. The van der Waals surface area contributed by atoms with Crippen LogP contribution in [-0.4, -0.2) is 55.7 Å². The van der Waals surface area contributed by atoms with Crippen molar-refractivity contribution in [2.24, 2.45) is 0 Å². The van der Waals surface area contributed by atoms with Crippen molar-refractivity contribution in [2.45, 2.75) is 24.9 Å². The minimum atomic E-state index is -0.392. The Kier molecular flexibility index (Phi) is 8.01. The number of aromatic nitrogens is 3. The van der Waals surface area contributed by atoms with Gasteiger partial charge in [0.25, 0.3) is 16.7 Å². The number of hydrogen-bond acceptors (Lipinski definition) is 8. The van der Waals surface area contributed by atoms with Crippen LogP contribution in [0.3, 0.4) is 0 Å². The van der Waals surface area contributed by atoms with Crippen molar-refractivity contribution in [3.8, 4) is 0 Å². The topological polar surface area (TPSA) is 125 Å². The Bertz CT molecular complexity index is 1060. The molecule has 2 N–H and O–H groups in total. The normalized spacial score (nSPS) is 15.0. The summed E-state index contributed by atoms with van der Waals surface area (Å²) in [6.07, 6.45) is 6.41. The molecule has 0 aliphatic carbocycles. The predicted molar refractivity (Wildman–Crippen MR) is 120 cm³/mol. The number of pyridine rings is 1. The molecule has 0 atom stereocenters. The first-order valence-corrected chi connectivity index (χ1v) is 11.4. The van der Waals surface area contributed by atoms with E-state index >= 15 is 0 Å². The molecule has 3 amide bonds. The summed E-state index contributed by atoms with van der Waals surface area (Å²) in [6, 6.07) is 4.99. The SMILES string of the molecule is CCCc1cc(=O)[nH]c(SCC(=O)NCCN2C(=O)S/C(=C\c3cccnc3)C2=O)n1. The number of carbonyl (C=O) groups excluding carboxylic acids is 3. The molecule has 0 saturated carbocycles. The summed E-state index contributed by atoms with van der Waals surface area (Å²) >= 11 is 1.98. The van der Waals surface area contributed by atoms with Crippen LogP contribution in [0.1, 0.15) is 24.6 Å². The van der Waals surface area contributed by atoms with Gasteiger partial charge in [-0.15, -0.1) is 0 Å². The Labute approximate surface area is 187 Å². The molecule has 2 aromatic heterocycles. The zero-order valence-corrected chi connectivity index (χ0v) is 18.4. The van der Waals surface area contributed by atoms with E-state index in [1.54, 1.807) is 30.6 Å². The second-order valence-corrected chi connectivity index (χ2v) is 8.51. The third-order valence-corrected chi connectivity index (χ3v) is 5.91. The van der Waals surface area contributed by atoms with Crippen molar-refractivity contribution in [2.75, 3.05) is 18.8 Å². The number of nitrogens with one attached hydrogen (secondary N) is 2. The molecule has 1 aliphatic rings. The molecule has 2 aromatic rings. The van der Waals surface area contributed by atoms with Gasteiger partial charge in [-0.3, -0.25) is 29.1 Å². The highest BCUT2D eigenvalue weighted by Gasteiger charge is 2.34. The molecule has 0 spiro atoms. The zero-order valence-electron chi connectivity index (χ0n) is 16.8. The number of nitrogens with zero attached hydrogens (tertiary/aromatic N) is 3. The maximum atomic E-state index is 12.5. The first-order valence-electron chi connectivity index (χ1n) is 9.61. The highest BCUT2D eigenvalue weighted by atomic mass is 32.2. The van der Waals surface area contributed by atoms with E-state index in [0.717, 1.165) is 40.4 Å². The van der Waals surface area contributed by atoms with Crippen molar-refractivity contribution in [3.63, 3.8) is 0 Å². The van der Waals surface area contributed by atoms with Crippen molar-refractivity contribution in [1.29, 1.82) is 0 Å². The van der Waals surface area contributed by atoms with Crippen LogP contribution in [0.15, 0.2) is 45.4 Å². The molecule has 1 fully saturated rings. The maximum Gasteiger partial charge on any atom is 0.293 e. The van der Waals surface area contributed by atoms with Crippen LogP contribution in [0.4, 0.5) is 4.79 Å². The van der Waals surface area contributed by atoms with Crippen molar-refractivity contribution in [1.82, 2.24) is 25.2 Å². The molecule has 0 radical (unpaired) electrons. The summed E-state index contributed by atoms with van der Waals surface area (Å²) in [5, 5.41) is 2.69. The van der Waals surface area contributed by atoms with Crippen LogP contribution in [0.2, 0.25) is 0 Å². The van der Waals surface area contributed by atoms with Gasteiger partial charge >= 0.3 is 0 Å². The van der Waals surface area contributed by atoms with Crippen LogP contribution < -0.4 is 10.9 Å². The smallest absolute Gasteiger partial charge is 0.293 e. The van der Waals surface area contributed by atoms with E-state index in [1.807, 2.05) is 6.92 Å². The van der Waals surface area contributed by atoms with Gasteiger partial charge in [-0.05, 0) is 35.9 Å².